The van der Waals surface area contributed by atoms with Crippen LogP contribution in [0.3, 0.4) is 0 Å². The molecule has 0 spiro atoms. The molecule has 5 heterocycles. The smallest absolute Gasteiger partial charge is 0.335 e. The minimum absolute atomic E-state index is 0.0563. The van der Waals surface area contributed by atoms with Crippen LogP contribution in [0.4, 0.5) is 17.1 Å². The van der Waals surface area contributed by atoms with Crippen molar-refractivity contribution in [1.82, 2.24) is 19.9 Å². The molecule has 3 aromatic heterocycles. The van der Waals surface area contributed by atoms with E-state index >= 15 is 0 Å². The molecule has 2 aliphatic heterocycles. The molecule has 0 amide bonds. The number of aromatic nitrogens is 4. The quantitative estimate of drug-likeness (QED) is 0.144. The van der Waals surface area contributed by atoms with Gasteiger partial charge >= 0.3 is 5.97 Å². The third-order valence-electron chi connectivity index (χ3n) is 16.3. The van der Waals surface area contributed by atoms with Gasteiger partial charge in [-0.25, -0.2) is 14.8 Å². The van der Waals surface area contributed by atoms with Crippen LogP contribution in [0.1, 0.15) is 197 Å². The van der Waals surface area contributed by atoms with E-state index in [9.17, 15) is 9.90 Å². The van der Waals surface area contributed by atoms with Crippen molar-refractivity contribution in [3.8, 4) is 34.1 Å². The first-order chi connectivity index (χ1) is 39.2. The Bertz CT molecular complexity index is 4060. The average Bonchev–Trinajstić information content (AvgIpc) is 2.03. The van der Waals surface area contributed by atoms with Crippen molar-refractivity contribution in [3.05, 3.63) is 207 Å². The second-order valence-corrected chi connectivity index (χ2v) is 29.2. The fourth-order valence-electron chi connectivity index (χ4n) is 10.9. The average molecular weight is 1110 g/mol. The van der Waals surface area contributed by atoms with Crippen molar-refractivity contribution < 1.29 is 9.90 Å². The highest BCUT2D eigenvalue weighted by molar-refractivity contribution is 6.02. The van der Waals surface area contributed by atoms with Crippen molar-refractivity contribution in [3.63, 3.8) is 0 Å². The summed E-state index contributed by atoms with van der Waals surface area (Å²) >= 11 is 0. The lowest BCUT2D eigenvalue weighted by Gasteiger charge is -2.28. The first-order valence-corrected chi connectivity index (χ1v) is 29.6. The normalized spacial score (nSPS) is 13.1. The minimum Gasteiger partial charge on any atom is -0.478 e. The number of fused-ring (bicyclic) bond motifs is 8. The molecule has 5 aromatic carbocycles. The molecule has 8 bridgehead atoms. The van der Waals surface area contributed by atoms with Crippen LogP contribution in [0.5, 0.6) is 0 Å². The van der Waals surface area contributed by atoms with E-state index in [1.807, 2.05) is 0 Å². The fourth-order valence-corrected chi connectivity index (χ4v) is 10.9. The number of aromatic amines is 2. The van der Waals surface area contributed by atoms with E-state index in [4.69, 9.17) is 9.97 Å². The molecule has 3 N–H and O–H groups in total. The number of aromatic carboxylic acids is 1. The van der Waals surface area contributed by atoms with Gasteiger partial charge in [0.2, 0.25) is 0 Å². The summed E-state index contributed by atoms with van der Waals surface area (Å²) in [6.07, 6.45) is 6.49. The Morgan fingerprint density at radius 2 is 0.857 bits per heavy atom. The molecule has 0 saturated heterocycles. The highest BCUT2D eigenvalue weighted by atomic mass is 16.4. The van der Waals surface area contributed by atoms with E-state index < -0.39 is 5.97 Å². The summed E-state index contributed by atoms with van der Waals surface area (Å²) in [5.74, 6) is 5.91. The van der Waals surface area contributed by atoms with Gasteiger partial charge in [0.1, 0.15) is 0 Å². The zero-order valence-electron chi connectivity index (χ0n) is 52.7. The van der Waals surface area contributed by atoms with Crippen LogP contribution in [0.25, 0.3) is 68.1 Å². The maximum Gasteiger partial charge on any atom is 0.335 e. The van der Waals surface area contributed by atoms with E-state index in [-0.39, 0.29) is 38.1 Å². The highest BCUT2D eigenvalue weighted by Crippen LogP contribution is 2.45. The summed E-state index contributed by atoms with van der Waals surface area (Å²) in [6, 6.07) is 49.6. The topological polar surface area (TPSA) is 97.9 Å². The Morgan fingerprint density at radius 3 is 1.32 bits per heavy atom. The van der Waals surface area contributed by atoms with Crippen molar-refractivity contribution in [2.75, 3.05) is 4.90 Å². The third-order valence-corrected chi connectivity index (χ3v) is 16.3. The van der Waals surface area contributed by atoms with Gasteiger partial charge in [0, 0.05) is 44.6 Å². The van der Waals surface area contributed by atoms with Gasteiger partial charge in [0.05, 0.1) is 45.1 Å². The Kier molecular flexibility index (Phi) is 14.9. The Labute approximate surface area is 499 Å². The second-order valence-electron chi connectivity index (χ2n) is 29.2. The number of hydrogen-bond donors (Lipinski definition) is 3. The molecule has 0 fully saturated rings. The van der Waals surface area contributed by atoms with Crippen LogP contribution < -0.4 is 4.90 Å². The van der Waals surface area contributed by atoms with Crippen LogP contribution >= 0.6 is 0 Å². The number of allylic oxidation sites excluding steroid dienone is 1. The Morgan fingerprint density at radius 1 is 0.429 bits per heavy atom. The van der Waals surface area contributed by atoms with Gasteiger partial charge in [-0.2, -0.15) is 0 Å². The first kappa shape index (κ1) is 58.7. The molecular weight excluding hydrogens is 1030 g/mol. The summed E-state index contributed by atoms with van der Waals surface area (Å²) < 4.78 is 0. The van der Waals surface area contributed by atoms with Crippen molar-refractivity contribution in [2.45, 2.75) is 157 Å². The van der Waals surface area contributed by atoms with Gasteiger partial charge in [-0.3, -0.25) is 0 Å². The molecule has 8 aromatic rings. The predicted molar refractivity (Wildman–Crippen MR) is 356 cm³/mol. The summed E-state index contributed by atoms with van der Waals surface area (Å²) in [7, 11) is 0. The largest absolute Gasteiger partial charge is 0.478 e. The van der Waals surface area contributed by atoms with Crippen molar-refractivity contribution >= 4 is 68.9 Å². The van der Waals surface area contributed by atoms with E-state index in [2.05, 4.69) is 285 Å². The maximum atomic E-state index is 11.9. The maximum absolute atomic E-state index is 11.9. The number of nitrogens with zero attached hydrogens (tertiary/aromatic N) is 3. The van der Waals surface area contributed by atoms with Gasteiger partial charge in [0.15, 0.2) is 0 Å². The van der Waals surface area contributed by atoms with Crippen LogP contribution in [-0.2, 0) is 32.5 Å². The van der Waals surface area contributed by atoms with E-state index in [1.54, 1.807) is 24.3 Å². The number of carbonyl (C=O) groups is 1. The zero-order valence-corrected chi connectivity index (χ0v) is 52.7. The molecule has 0 saturated carbocycles. The number of nitrogens with one attached hydrogen (secondary N) is 2. The molecule has 0 radical (unpaired) electrons. The Balaban J connectivity index is 1.40. The van der Waals surface area contributed by atoms with E-state index in [0.717, 1.165) is 84.0 Å². The molecule has 7 nitrogen and oxygen atoms in total. The number of H-pyrrole nitrogens is 2. The predicted octanol–water partition coefficient (Wildman–Crippen LogP) is 20.4. The van der Waals surface area contributed by atoms with Gasteiger partial charge in [0.25, 0.3) is 0 Å². The molecule has 0 atom stereocenters. The summed E-state index contributed by atoms with van der Waals surface area (Å²) in [5, 5.41) is 9.72. The summed E-state index contributed by atoms with van der Waals surface area (Å²) in [4.78, 5) is 33.6. The Hall–Kier alpha value is -8.47. The van der Waals surface area contributed by atoms with Gasteiger partial charge in [-0.05, 0) is 174 Å². The lowest BCUT2D eigenvalue weighted by atomic mass is 9.78. The summed E-state index contributed by atoms with van der Waals surface area (Å²) in [6.45, 7) is 40.9. The monoisotopic (exact) mass is 1110 g/mol. The second kappa shape index (κ2) is 21.3. The van der Waals surface area contributed by atoms with Crippen molar-refractivity contribution in [2.24, 2.45) is 0 Å². The molecule has 0 unspecified atom stereocenters. The number of rotatable bonds is 6. The van der Waals surface area contributed by atoms with Crippen molar-refractivity contribution in [1.29, 1.82) is 0 Å². The zero-order chi connectivity index (χ0) is 60.6. The number of carboxylic acids is 1. The van der Waals surface area contributed by atoms with E-state index in [0.29, 0.717) is 11.3 Å². The van der Waals surface area contributed by atoms with Crippen LogP contribution in [0, 0.1) is 11.8 Å². The molecule has 10 rings (SSSR count). The SMILES string of the molecule is CC(C)(C)c1ccc(N(c2ccc(C(C)(C)C)cc2)c2c3nc(c(-c4cc(C(C)(C)C)cc(C(C)(C)C)c4)c4ccc(cc5nc(c(-c6cc(C(C)(C)C)cc(C(C)(C)C)c6)c6ccc2[nH]6)C=C5C#Cc2ccc(C(=O)O)cc2)[nH]4)C=C3)cc1. The van der Waals surface area contributed by atoms with Crippen LogP contribution in [0.15, 0.2) is 140 Å². The number of benzene rings is 5. The first-order valence-electron chi connectivity index (χ1n) is 29.6. The minimum atomic E-state index is -0.981. The lowest BCUT2D eigenvalue weighted by molar-refractivity contribution is 0.0696. The number of carboxylic acid groups (broad SMARTS) is 1. The van der Waals surface area contributed by atoms with E-state index in [1.165, 1.54) is 33.4 Å². The third kappa shape index (κ3) is 12.3. The number of anilines is 3. The molecule has 428 valence electrons. The molecular formula is C77H83N5O2. The molecule has 7 heteroatoms. The van der Waals surface area contributed by atoms with Crippen LogP contribution in [-0.4, -0.2) is 31.0 Å². The highest BCUT2D eigenvalue weighted by Gasteiger charge is 2.28. The molecule has 2 aliphatic rings. The molecule has 84 heavy (non-hydrogen) atoms. The number of hydrogen-bond acceptors (Lipinski definition) is 4. The fraction of sp³-hybridized carbons (Fsp3) is 0.312. The molecule has 0 aliphatic carbocycles. The summed E-state index contributed by atoms with van der Waals surface area (Å²) in [5.41, 5.74) is 21.9. The van der Waals surface area contributed by atoms with Gasteiger partial charge in [-0.1, -0.05) is 197 Å². The lowest BCUT2D eigenvalue weighted by Crippen LogP contribution is -2.16. The van der Waals surface area contributed by atoms with Gasteiger partial charge in [-0.15, -0.1) is 0 Å². The standard InChI is InChI=1S/C77H83N5O2/c1-72(2,3)52-25-30-59(31-26-52)82(60-32-27-53(28-33-60)73(4,5)6)70-64-37-35-62(79-64)68(50-39-54(74(7,8)9)44-55(40-50)75(10,11)12)61-34-29-58(78-61)46-66-49(24-21-47-19-22-48(23-20-47)71(83)84)43-67(81-66)69(63-36-38-65(70)80-63)51-41-56(76(13,14)15)45-57(42-51)77(16,17)18/h19-20,22-23,25-46,78,80H,1-18H3,(H,83,84). The van der Waals surface area contributed by atoms with Crippen LogP contribution in [0.2, 0.25) is 0 Å². The van der Waals surface area contributed by atoms with Gasteiger partial charge < -0.3 is 20.0 Å².